The van der Waals surface area contributed by atoms with Gasteiger partial charge >= 0.3 is 0 Å². The first-order chi connectivity index (χ1) is 10.7. The van der Waals surface area contributed by atoms with Gasteiger partial charge in [0.1, 0.15) is 12.2 Å². The molecule has 2 aliphatic rings. The molecule has 0 aromatic heterocycles. The molecule has 0 aliphatic carbocycles. The van der Waals surface area contributed by atoms with Crippen LogP contribution < -0.4 is 10.6 Å². The quantitative estimate of drug-likeness (QED) is 0.891. The van der Waals surface area contributed by atoms with E-state index in [0.717, 1.165) is 25.7 Å². The molecule has 0 bridgehead atoms. The van der Waals surface area contributed by atoms with Crippen molar-refractivity contribution in [2.75, 3.05) is 23.8 Å². The summed E-state index contributed by atoms with van der Waals surface area (Å²) in [6, 6.07) is 7.05. The number of hydrogen-bond donors (Lipinski definition) is 2. The van der Waals surface area contributed by atoms with Crippen molar-refractivity contribution in [1.29, 1.82) is 0 Å². The topological polar surface area (TPSA) is 76.7 Å². The summed E-state index contributed by atoms with van der Waals surface area (Å²) in [4.78, 5) is 23.9. The summed E-state index contributed by atoms with van der Waals surface area (Å²) in [5.74, 6) is -0.234. The third-order valence-corrected chi connectivity index (χ3v) is 3.86. The van der Waals surface area contributed by atoms with E-state index in [0.29, 0.717) is 24.6 Å². The maximum absolute atomic E-state index is 11.9. The zero-order valence-corrected chi connectivity index (χ0v) is 12.3. The number of ether oxygens (including phenoxy) is 2. The normalized spacial score (nSPS) is 24.2. The zero-order valence-electron chi connectivity index (χ0n) is 12.3. The highest BCUT2D eigenvalue weighted by atomic mass is 16.5. The first kappa shape index (κ1) is 15.0. The molecule has 6 heteroatoms. The second-order valence-corrected chi connectivity index (χ2v) is 5.56. The molecule has 3 rings (SSSR count). The van der Waals surface area contributed by atoms with Gasteiger partial charge in [-0.15, -0.1) is 0 Å². The molecular formula is C16H20N2O4. The fourth-order valence-corrected chi connectivity index (χ4v) is 2.65. The van der Waals surface area contributed by atoms with Crippen molar-refractivity contribution in [3.8, 4) is 0 Å². The van der Waals surface area contributed by atoms with Crippen LogP contribution in [0.3, 0.4) is 0 Å². The van der Waals surface area contributed by atoms with Crippen LogP contribution in [0, 0.1) is 0 Å². The van der Waals surface area contributed by atoms with Crippen molar-refractivity contribution < 1.29 is 19.1 Å². The van der Waals surface area contributed by atoms with E-state index in [9.17, 15) is 9.59 Å². The average molecular weight is 304 g/mol. The first-order valence-electron chi connectivity index (χ1n) is 7.67. The molecule has 0 radical (unpaired) electrons. The molecule has 22 heavy (non-hydrogen) atoms. The summed E-state index contributed by atoms with van der Waals surface area (Å²) < 4.78 is 10.7. The van der Waals surface area contributed by atoms with Crippen LogP contribution in [0.25, 0.3) is 0 Å². The van der Waals surface area contributed by atoms with Crippen molar-refractivity contribution >= 4 is 23.2 Å². The predicted octanol–water partition coefficient (Wildman–Crippen LogP) is 1.92. The predicted molar refractivity (Wildman–Crippen MR) is 81.6 cm³/mol. The smallest absolute Gasteiger partial charge is 0.253 e. The molecule has 2 fully saturated rings. The van der Waals surface area contributed by atoms with Crippen LogP contribution in [0.2, 0.25) is 0 Å². The van der Waals surface area contributed by atoms with Gasteiger partial charge in [-0.2, -0.15) is 0 Å². The van der Waals surface area contributed by atoms with Gasteiger partial charge in [0, 0.05) is 24.6 Å². The molecule has 2 heterocycles. The van der Waals surface area contributed by atoms with E-state index < -0.39 is 0 Å². The highest BCUT2D eigenvalue weighted by Crippen LogP contribution is 2.19. The maximum atomic E-state index is 11.9. The van der Waals surface area contributed by atoms with Crippen LogP contribution in [0.4, 0.5) is 11.4 Å². The molecule has 2 aliphatic heterocycles. The molecule has 1 aromatic carbocycles. The number of amides is 2. The van der Waals surface area contributed by atoms with Crippen LogP contribution in [0.5, 0.6) is 0 Å². The summed E-state index contributed by atoms with van der Waals surface area (Å²) in [7, 11) is 0. The highest BCUT2D eigenvalue weighted by Gasteiger charge is 2.24. The van der Waals surface area contributed by atoms with E-state index in [1.807, 2.05) is 0 Å². The Morgan fingerprint density at radius 1 is 0.818 bits per heavy atom. The van der Waals surface area contributed by atoms with Crippen molar-refractivity contribution in [3.63, 3.8) is 0 Å². The number of rotatable bonds is 4. The maximum Gasteiger partial charge on any atom is 0.253 e. The lowest BCUT2D eigenvalue weighted by Crippen LogP contribution is -2.27. The van der Waals surface area contributed by atoms with Gasteiger partial charge in [0.15, 0.2) is 0 Å². The molecule has 2 amide bonds. The standard InChI is InChI=1S/C16H20N2O4/c19-15(13-3-1-9-21-13)17-11-5-7-12(8-6-11)18-16(20)14-4-2-10-22-14/h5-8,13-14H,1-4,9-10H2,(H,17,19)(H,18,20)/t13-,14-/m1/s1. The van der Waals surface area contributed by atoms with Gasteiger partial charge in [-0.25, -0.2) is 0 Å². The zero-order chi connectivity index (χ0) is 15.4. The number of nitrogens with one attached hydrogen (secondary N) is 2. The molecule has 0 unspecified atom stereocenters. The van der Waals surface area contributed by atoms with E-state index in [2.05, 4.69) is 10.6 Å². The van der Waals surface area contributed by atoms with E-state index in [-0.39, 0.29) is 24.0 Å². The van der Waals surface area contributed by atoms with Gasteiger partial charge in [-0.3, -0.25) is 9.59 Å². The van der Waals surface area contributed by atoms with E-state index >= 15 is 0 Å². The molecule has 2 atom stereocenters. The minimum absolute atomic E-state index is 0.117. The Morgan fingerprint density at radius 3 is 1.55 bits per heavy atom. The molecule has 1 aromatic rings. The fourth-order valence-electron chi connectivity index (χ4n) is 2.65. The Kier molecular flexibility index (Phi) is 4.70. The summed E-state index contributed by atoms with van der Waals surface area (Å²) in [6.45, 7) is 1.29. The summed E-state index contributed by atoms with van der Waals surface area (Å²) in [6.07, 6.45) is 2.68. The van der Waals surface area contributed by atoms with E-state index in [1.165, 1.54) is 0 Å². The Morgan fingerprint density at radius 2 is 1.23 bits per heavy atom. The second kappa shape index (κ2) is 6.89. The minimum Gasteiger partial charge on any atom is -0.368 e. The minimum atomic E-state index is -0.348. The number of benzene rings is 1. The van der Waals surface area contributed by atoms with Crippen LogP contribution in [0.1, 0.15) is 25.7 Å². The average Bonchev–Trinajstić information content (AvgIpc) is 3.23. The lowest BCUT2D eigenvalue weighted by Gasteiger charge is -2.12. The van der Waals surface area contributed by atoms with Crippen molar-refractivity contribution in [3.05, 3.63) is 24.3 Å². The fraction of sp³-hybridized carbons (Fsp3) is 0.500. The van der Waals surface area contributed by atoms with Crippen molar-refractivity contribution in [1.82, 2.24) is 0 Å². The van der Waals surface area contributed by atoms with E-state index in [4.69, 9.17) is 9.47 Å². The van der Waals surface area contributed by atoms with Gasteiger partial charge in [0.05, 0.1) is 0 Å². The number of hydrogen-bond acceptors (Lipinski definition) is 4. The third-order valence-electron chi connectivity index (χ3n) is 3.86. The molecule has 118 valence electrons. The Bertz CT molecular complexity index is 483. The Balaban J connectivity index is 1.53. The largest absolute Gasteiger partial charge is 0.368 e. The lowest BCUT2D eigenvalue weighted by molar-refractivity contribution is -0.125. The summed E-state index contributed by atoms with van der Waals surface area (Å²) in [5.41, 5.74) is 1.38. The monoisotopic (exact) mass is 304 g/mol. The molecule has 2 saturated heterocycles. The number of carbonyl (C=O) groups excluding carboxylic acids is 2. The van der Waals surface area contributed by atoms with Crippen LogP contribution >= 0.6 is 0 Å². The van der Waals surface area contributed by atoms with E-state index in [1.54, 1.807) is 24.3 Å². The Labute approximate surface area is 129 Å². The molecule has 6 nitrogen and oxygen atoms in total. The lowest BCUT2D eigenvalue weighted by atomic mass is 10.2. The highest BCUT2D eigenvalue weighted by molar-refractivity contribution is 5.96. The molecule has 0 saturated carbocycles. The Hall–Kier alpha value is -1.92. The number of carbonyl (C=O) groups is 2. The van der Waals surface area contributed by atoms with Crippen LogP contribution in [0.15, 0.2) is 24.3 Å². The second-order valence-electron chi connectivity index (χ2n) is 5.56. The first-order valence-corrected chi connectivity index (χ1v) is 7.67. The summed E-state index contributed by atoms with van der Waals surface area (Å²) >= 11 is 0. The van der Waals surface area contributed by atoms with Crippen molar-refractivity contribution in [2.45, 2.75) is 37.9 Å². The van der Waals surface area contributed by atoms with Crippen LogP contribution in [-0.2, 0) is 19.1 Å². The summed E-state index contributed by atoms with van der Waals surface area (Å²) in [5, 5.41) is 5.64. The van der Waals surface area contributed by atoms with Gasteiger partial charge < -0.3 is 20.1 Å². The SMILES string of the molecule is O=C(Nc1ccc(NC(=O)[C@H]2CCCO2)cc1)[C@H]1CCCO1. The van der Waals surface area contributed by atoms with Gasteiger partial charge in [0.25, 0.3) is 11.8 Å². The van der Waals surface area contributed by atoms with Gasteiger partial charge in [0.2, 0.25) is 0 Å². The molecular weight excluding hydrogens is 284 g/mol. The molecule has 2 N–H and O–H groups in total. The van der Waals surface area contributed by atoms with Crippen LogP contribution in [-0.4, -0.2) is 37.2 Å². The van der Waals surface area contributed by atoms with Gasteiger partial charge in [-0.1, -0.05) is 0 Å². The van der Waals surface area contributed by atoms with Crippen molar-refractivity contribution in [2.24, 2.45) is 0 Å². The van der Waals surface area contributed by atoms with Gasteiger partial charge in [-0.05, 0) is 49.9 Å². The molecule has 0 spiro atoms. The number of anilines is 2. The third kappa shape index (κ3) is 3.64.